The van der Waals surface area contributed by atoms with Gasteiger partial charge in [-0.25, -0.2) is 0 Å². The van der Waals surface area contributed by atoms with Crippen molar-refractivity contribution in [1.82, 2.24) is 15.5 Å². The van der Waals surface area contributed by atoms with Gasteiger partial charge in [0.2, 0.25) is 5.91 Å². The van der Waals surface area contributed by atoms with Gasteiger partial charge >= 0.3 is 0 Å². The van der Waals surface area contributed by atoms with Crippen molar-refractivity contribution in [1.29, 1.82) is 0 Å². The molecule has 2 fully saturated rings. The molecule has 6 nitrogen and oxygen atoms in total. The zero-order chi connectivity index (χ0) is 22.7. The summed E-state index contributed by atoms with van der Waals surface area (Å²) in [6.07, 6.45) is 3.27. The van der Waals surface area contributed by atoms with Gasteiger partial charge in [-0.2, -0.15) is 0 Å². The number of piperidine rings is 1. The van der Waals surface area contributed by atoms with Crippen molar-refractivity contribution in [2.45, 2.75) is 44.7 Å². The second-order valence-electron chi connectivity index (χ2n) is 8.74. The van der Waals surface area contributed by atoms with Gasteiger partial charge in [0.05, 0.1) is 0 Å². The second-order valence-corrected chi connectivity index (χ2v) is 9.17. The summed E-state index contributed by atoms with van der Waals surface area (Å²) in [5.41, 5.74) is 2.21. The molecule has 32 heavy (non-hydrogen) atoms. The Morgan fingerprint density at radius 3 is 2.09 bits per heavy atom. The Morgan fingerprint density at radius 2 is 1.50 bits per heavy atom. The number of likely N-dealkylation sites (tertiary alicyclic amines) is 1. The molecule has 0 radical (unpaired) electrons. The number of aryl methyl sites for hydroxylation is 1. The van der Waals surface area contributed by atoms with Gasteiger partial charge in [-0.15, -0.1) is 0 Å². The van der Waals surface area contributed by atoms with Crippen LogP contribution < -0.4 is 10.6 Å². The van der Waals surface area contributed by atoms with Gasteiger partial charge in [-0.05, 0) is 74.9 Å². The van der Waals surface area contributed by atoms with E-state index in [0.29, 0.717) is 42.1 Å². The lowest BCUT2D eigenvalue weighted by Crippen LogP contribution is -2.54. The average Bonchev–Trinajstić information content (AvgIpc) is 3.62. The van der Waals surface area contributed by atoms with Crippen molar-refractivity contribution in [2.24, 2.45) is 5.92 Å². The van der Waals surface area contributed by atoms with Gasteiger partial charge in [0.15, 0.2) is 0 Å². The molecule has 0 aromatic heterocycles. The molecule has 2 aromatic carbocycles. The van der Waals surface area contributed by atoms with Crippen molar-refractivity contribution in [3.05, 3.63) is 70.2 Å². The third-order valence-electron chi connectivity index (χ3n) is 6.20. The van der Waals surface area contributed by atoms with E-state index in [1.807, 2.05) is 19.1 Å². The molecule has 3 amide bonds. The minimum Gasteiger partial charge on any atom is -0.352 e. The Bertz CT molecular complexity index is 978. The fourth-order valence-corrected chi connectivity index (χ4v) is 4.18. The fourth-order valence-electron chi connectivity index (χ4n) is 4.06. The maximum atomic E-state index is 13.0. The lowest BCUT2D eigenvalue weighted by Gasteiger charge is -2.36. The van der Waals surface area contributed by atoms with Crippen molar-refractivity contribution in [3.63, 3.8) is 0 Å². The summed E-state index contributed by atoms with van der Waals surface area (Å²) < 4.78 is 0. The number of hydrogen-bond acceptors (Lipinski definition) is 3. The zero-order valence-corrected chi connectivity index (χ0v) is 18.9. The molecule has 1 atom stereocenters. The van der Waals surface area contributed by atoms with Gasteiger partial charge in [-0.1, -0.05) is 29.3 Å². The molecule has 7 heteroatoms. The topological polar surface area (TPSA) is 78.5 Å². The SMILES string of the molecule is Cc1ccc(C(=O)NC(C(=O)NC2CC2)C2CCN(C(=O)c3ccc(Cl)cc3)CC2)cc1. The van der Waals surface area contributed by atoms with E-state index in [1.165, 1.54) is 0 Å². The monoisotopic (exact) mass is 453 g/mol. The van der Waals surface area contributed by atoms with E-state index >= 15 is 0 Å². The highest BCUT2D eigenvalue weighted by Gasteiger charge is 2.36. The van der Waals surface area contributed by atoms with Crippen LogP contribution in [0.5, 0.6) is 0 Å². The van der Waals surface area contributed by atoms with Crippen molar-refractivity contribution >= 4 is 29.3 Å². The zero-order valence-electron chi connectivity index (χ0n) is 18.1. The number of nitrogens with zero attached hydrogens (tertiary/aromatic N) is 1. The van der Waals surface area contributed by atoms with Gasteiger partial charge in [0, 0.05) is 35.3 Å². The first-order valence-electron chi connectivity index (χ1n) is 11.1. The molecule has 2 N–H and O–H groups in total. The Kier molecular flexibility index (Phi) is 6.80. The number of halogens is 1. The number of hydrogen-bond donors (Lipinski definition) is 2. The van der Waals surface area contributed by atoms with Gasteiger partial charge in [0.1, 0.15) is 6.04 Å². The van der Waals surface area contributed by atoms with Crippen LogP contribution in [0.3, 0.4) is 0 Å². The smallest absolute Gasteiger partial charge is 0.253 e. The van der Waals surface area contributed by atoms with E-state index in [-0.39, 0.29) is 29.7 Å². The van der Waals surface area contributed by atoms with E-state index in [1.54, 1.807) is 41.3 Å². The van der Waals surface area contributed by atoms with Crippen LogP contribution in [0.1, 0.15) is 52.0 Å². The molecule has 1 heterocycles. The van der Waals surface area contributed by atoms with Gasteiger partial charge < -0.3 is 15.5 Å². The molecule has 168 valence electrons. The number of carbonyl (C=O) groups excluding carboxylic acids is 3. The Hall–Kier alpha value is -2.86. The van der Waals surface area contributed by atoms with Crippen LogP contribution in [0.15, 0.2) is 48.5 Å². The summed E-state index contributed by atoms with van der Waals surface area (Å²) in [5.74, 6) is -0.448. The number of benzene rings is 2. The second kappa shape index (κ2) is 9.74. The van der Waals surface area contributed by atoms with Gasteiger partial charge in [-0.3, -0.25) is 14.4 Å². The summed E-state index contributed by atoms with van der Waals surface area (Å²) >= 11 is 5.92. The predicted molar refractivity (Wildman–Crippen MR) is 124 cm³/mol. The molecular weight excluding hydrogens is 426 g/mol. The maximum Gasteiger partial charge on any atom is 0.253 e. The molecule has 0 spiro atoms. The molecule has 4 rings (SSSR count). The van der Waals surface area contributed by atoms with Crippen molar-refractivity contribution < 1.29 is 14.4 Å². The average molecular weight is 454 g/mol. The van der Waals surface area contributed by atoms with Crippen LogP contribution in [0.2, 0.25) is 5.02 Å². The van der Waals surface area contributed by atoms with E-state index in [9.17, 15) is 14.4 Å². The third kappa shape index (κ3) is 5.49. The van der Waals surface area contributed by atoms with Crippen LogP contribution in [-0.2, 0) is 4.79 Å². The first-order valence-corrected chi connectivity index (χ1v) is 11.5. The quantitative estimate of drug-likeness (QED) is 0.701. The minimum absolute atomic E-state index is 0.0302. The molecule has 1 aliphatic heterocycles. The summed E-state index contributed by atoms with van der Waals surface area (Å²) in [7, 11) is 0. The van der Waals surface area contributed by atoms with Crippen molar-refractivity contribution in [3.8, 4) is 0 Å². The summed E-state index contributed by atoms with van der Waals surface area (Å²) in [4.78, 5) is 40.4. The fraction of sp³-hybridized carbons (Fsp3) is 0.400. The largest absolute Gasteiger partial charge is 0.352 e. The summed E-state index contributed by atoms with van der Waals surface area (Å²) in [5, 5.41) is 6.60. The molecule has 1 saturated heterocycles. The number of carbonyl (C=O) groups is 3. The highest BCUT2D eigenvalue weighted by atomic mass is 35.5. The number of nitrogens with one attached hydrogen (secondary N) is 2. The third-order valence-corrected chi connectivity index (χ3v) is 6.45. The Balaban J connectivity index is 1.41. The van der Waals surface area contributed by atoms with E-state index in [4.69, 9.17) is 11.6 Å². The highest BCUT2D eigenvalue weighted by Crippen LogP contribution is 2.25. The normalized spacial score (nSPS) is 17.5. The lowest BCUT2D eigenvalue weighted by atomic mass is 9.88. The molecule has 1 unspecified atom stereocenters. The van der Waals surface area contributed by atoms with Crippen LogP contribution in [0.4, 0.5) is 0 Å². The molecule has 0 bridgehead atoms. The first-order chi connectivity index (χ1) is 15.4. The standard InChI is InChI=1S/C25H28ClN3O3/c1-16-2-4-18(5-3-16)23(30)28-22(24(31)27-21-10-11-21)17-12-14-29(15-13-17)25(32)19-6-8-20(26)9-7-19/h2-9,17,21-22H,10-15H2,1H3,(H,27,31)(H,28,30). The predicted octanol–water partition coefficient (Wildman–Crippen LogP) is 3.58. The van der Waals surface area contributed by atoms with E-state index < -0.39 is 6.04 Å². The minimum atomic E-state index is -0.614. The van der Waals surface area contributed by atoms with Gasteiger partial charge in [0.25, 0.3) is 11.8 Å². The summed E-state index contributed by atoms with van der Waals surface area (Å²) in [6, 6.07) is 13.8. The van der Waals surface area contributed by atoms with Crippen LogP contribution >= 0.6 is 11.6 Å². The van der Waals surface area contributed by atoms with Crippen molar-refractivity contribution in [2.75, 3.05) is 13.1 Å². The molecule has 2 aromatic rings. The van der Waals surface area contributed by atoms with Crippen LogP contribution in [-0.4, -0.2) is 47.8 Å². The van der Waals surface area contributed by atoms with Crippen LogP contribution in [0, 0.1) is 12.8 Å². The summed E-state index contributed by atoms with van der Waals surface area (Å²) in [6.45, 7) is 3.05. The first kappa shape index (κ1) is 22.3. The van der Waals surface area contributed by atoms with E-state index in [0.717, 1.165) is 18.4 Å². The maximum absolute atomic E-state index is 13.0. The van der Waals surface area contributed by atoms with E-state index in [2.05, 4.69) is 10.6 Å². The van der Waals surface area contributed by atoms with Crippen LogP contribution in [0.25, 0.3) is 0 Å². The molecule has 2 aliphatic rings. The molecule has 1 saturated carbocycles. The Labute approximate surface area is 193 Å². The molecule has 1 aliphatic carbocycles. The number of amides is 3. The number of rotatable bonds is 6. The molecular formula is C25H28ClN3O3. The highest BCUT2D eigenvalue weighted by molar-refractivity contribution is 6.30. The lowest BCUT2D eigenvalue weighted by molar-refractivity contribution is -0.124. The Morgan fingerprint density at radius 1 is 0.906 bits per heavy atom.